The van der Waals surface area contributed by atoms with Gasteiger partial charge in [0.15, 0.2) is 0 Å². The molecule has 0 aliphatic heterocycles. The molecule has 0 bridgehead atoms. The fourth-order valence-electron chi connectivity index (χ4n) is 1.36. The van der Waals surface area contributed by atoms with Crippen LogP contribution >= 0.6 is 0 Å². The Labute approximate surface area is 74.8 Å². The molecule has 0 saturated carbocycles. The van der Waals surface area contributed by atoms with Crippen LogP contribution in [-0.4, -0.2) is 0 Å². The average molecular weight is 178 g/mol. The summed E-state index contributed by atoms with van der Waals surface area (Å²) < 4.78 is 26.2. The highest BCUT2D eigenvalue weighted by Gasteiger charge is 2.04. The van der Waals surface area contributed by atoms with E-state index in [4.69, 9.17) is 0 Å². The summed E-state index contributed by atoms with van der Waals surface area (Å²) in [6, 6.07) is 7.60. The third-order valence-corrected chi connectivity index (χ3v) is 2.11. The van der Waals surface area contributed by atoms with Crippen molar-refractivity contribution in [2.45, 2.75) is 6.92 Å². The van der Waals surface area contributed by atoms with E-state index >= 15 is 0 Å². The maximum atomic E-state index is 13.4. The van der Waals surface area contributed by atoms with Crippen LogP contribution in [0.25, 0.3) is 10.8 Å². The third kappa shape index (κ3) is 1.28. The van der Waals surface area contributed by atoms with Gasteiger partial charge in [-0.2, -0.15) is 0 Å². The monoisotopic (exact) mass is 178 g/mol. The molecule has 0 unspecified atom stereocenters. The van der Waals surface area contributed by atoms with Gasteiger partial charge in [0.1, 0.15) is 11.6 Å². The Morgan fingerprint density at radius 2 is 1.69 bits per heavy atom. The summed E-state index contributed by atoms with van der Waals surface area (Å²) >= 11 is 0. The molecular weight excluding hydrogens is 170 g/mol. The highest BCUT2D eigenvalue weighted by atomic mass is 19.1. The minimum atomic E-state index is -0.406. The second kappa shape index (κ2) is 2.80. The number of hydrogen-bond acceptors (Lipinski definition) is 0. The molecule has 0 aliphatic carbocycles. The van der Waals surface area contributed by atoms with Gasteiger partial charge in [0.05, 0.1) is 0 Å². The average Bonchev–Trinajstić information content (AvgIpc) is 2.12. The van der Waals surface area contributed by atoms with Crippen LogP contribution in [0.3, 0.4) is 0 Å². The molecule has 0 saturated heterocycles. The highest BCUT2D eigenvalue weighted by Crippen LogP contribution is 2.21. The van der Waals surface area contributed by atoms with Crippen LogP contribution < -0.4 is 0 Å². The Morgan fingerprint density at radius 3 is 2.46 bits per heavy atom. The van der Waals surface area contributed by atoms with Crippen molar-refractivity contribution >= 4 is 10.8 Å². The van der Waals surface area contributed by atoms with Crippen LogP contribution in [0.4, 0.5) is 8.78 Å². The zero-order valence-electron chi connectivity index (χ0n) is 7.14. The Balaban J connectivity index is 2.89. The van der Waals surface area contributed by atoms with Crippen molar-refractivity contribution in [3.8, 4) is 0 Å². The summed E-state index contributed by atoms with van der Waals surface area (Å²) in [7, 11) is 0. The van der Waals surface area contributed by atoms with E-state index in [9.17, 15) is 8.78 Å². The molecule has 0 fully saturated rings. The molecule has 13 heavy (non-hydrogen) atoms. The van der Waals surface area contributed by atoms with Gasteiger partial charge >= 0.3 is 0 Å². The first kappa shape index (κ1) is 8.17. The predicted molar refractivity (Wildman–Crippen MR) is 48.6 cm³/mol. The van der Waals surface area contributed by atoms with Crippen molar-refractivity contribution < 1.29 is 8.78 Å². The lowest BCUT2D eigenvalue weighted by atomic mass is 10.1. The minimum Gasteiger partial charge on any atom is -0.207 e. The lowest BCUT2D eigenvalue weighted by Crippen LogP contribution is -1.85. The molecule has 2 aromatic carbocycles. The fourth-order valence-corrected chi connectivity index (χ4v) is 1.36. The first-order valence-corrected chi connectivity index (χ1v) is 4.03. The quantitative estimate of drug-likeness (QED) is 0.579. The molecule has 2 aromatic rings. The molecule has 0 nitrogen and oxygen atoms in total. The van der Waals surface area contributed by atoms with E-state index in [0.29, 0.717) is 10.9 Å². The van der Waals surface area contributed by atoms with Gasteiger partial charge in [0.25, 0.3) is 0 Å². The molecular formula is C11H8F2. The number of aryl methyl sites for hydroxylation is 1. The van der Waals surface area contributed by atoms with Crippen LogP contribution in [0.2, 0.25) is 0 Å². The second-order valence-corrected chi connectivity index (χ2v) is 3.06. The molecule has 0 atom stereocenters. The zero-order valence-corrected chi connectivity index (χ0v) is 7.14. The number of benzene rings is 2. The van der Waals surface area contributed by atoms with Gasteiger partial charge in [-0.25, -0.2) is 8.78 Å². The Morgan fingerprint density at radius 1 is 1.00 bits per heavy atom. The van der Waals surface area contributed by atoms with Crippen LogP contribution in [-0.2, 0) is 0 Å². The van der Waals surface area contributed by atoms with Crippen LogP contribution in [0.15, 0.2) is 30.3 Å². The first-order valence-electron chi connectivity index (χ1n) is 4.03. The summed E-state index contributed by atoms with van der Waals surface area (Å²) in [5.41, 5.74) is 0.540. The Hall–Kier alpha value is -1.44. The maximum absolute atomic E-state index is 13.4. The van der Waals surface area contributed by atoms with Gasteiger partial charge in [0.2, 0.25) is 0 Å². The highest BCUT2D eigenvalue weighted by molar-refractivity contribution is 5.83. The van der Waals surface area contributed by atoms with E-state index in [-0.39, 0.29) is 5.82 Å². The van der Waals surface area contributed by atoms with E-state index in [1.54, 1.807) is 25.1 Å². The molecule has 0 aliphatic rings. The largest absolute Gasteiger partial charge is 0.207 e. The van der Waals surface area contributed by atoms with Crippen molar-refractivity contribution in [3.63, 3.8) is 0 Å². The molecule has 0 N–H and O–H groups in total. The third-order valence-electron chi connectivity index (χ3n) is 2.11. The number of rotatable bonds is 0. The number of hydrogen-bond donors (Lipinski definition) is 0. The standard InChI is InChI=1S/C11H8F2/c1-7-2-3-8-4-5-9(12)6-10(8)11(7)13/h2-6H,1H3. The van der Waals surface area contributed by atoms with E-state index in [1.807, 2.05) is 0 Å². The molecule has 0 spiro atoms. The molecule has 0 heterocycles. The van der Waals surface area contributed by atoms with Gasteiger partial charge in [-0.3, -0.25) is 0 Å². The van der Waals surface area contributed by atoms with E-state index in [0.717, 1.165) is 5.39 Å². The minimum absolute atomic E-state index is 0.336. The van der Waals surface area contributed by atoms with Crippen molar-refractivity contribution in [1.29, 1.82) is 0 Å². The Bertz CT molecular complexity index is 456. The van der Waals surface area contributed by atoms with Crippen molar-refractivity contribution in [2.24, 2.45) is 0 Å². The van der Waals surface area contributed by atoms with Crippen molar-refractivity contribution in [1.82, 2.24) is 0 Å². The molecule has 0 aromatic heterocycles. The summed E-state index contributed by atoms with van der Waals surface area (Å²) in [6.07, 6.45) is 0. The van der Waals surface area contributed by atoms with E-state index in [1.165, 1.54) is 12.1 Å². The molecule has 0 amide bonds. The molecule has 2 rings (SSSR count). The maximum Gasteiger partial charge on any atom is 0.134 e. The van der Waals surface area contributed by atoms with Gasteiger partial charge in [-0.05, 0) is 30.0 Å². The fraction of sp³-hybridized carbons (Fsp3) is 0.0909. The molecule has 66 valence electrons. The van der Waals surface area contributed by atoms with Gasteiger partial charge in [0, 0.05) is 5.39 Å². The van der Waals surface area contributed by atoms with Gasteiger partial charge < -0.3 is 0 Å². The lowest BCUT2D eigenvalue weighted by molar-refractivity contribution is 0.618. The SMILES string of the molecule is Cc1ccc2ccc(F)cc2c1F. The first-order chi connectivity index (χ1) is 6.18. The zero-order chi connectivity index (χ0) is 9.42. The van der Waals surface area contributed by atoms with Crippen LogP contribution in [0.1, 0.15) is 5.56 Å². The lowest BCUT2D eigenvalue weighted by Gasteiger charge is -2.01. The smallest absolute Gasteiger partial charge is 0.134 e. The topological polar surface area (TPSA) is 0 Å². The van der Waals surface area contributed by atoms with Gasteiger partial charge in [-0.1, -0.05) is 18.2 Å². The van der Waals surface area contributed by atoms with Gasteiger partial charge in [-0.15, -0.1) is 0 Å². The van der Waals surface area contributed by atoms with E-state index in [2.05, 4.69) is 0 Å². The Kier molecular flexibility index (Phi) is 1.76. The summed E-state index contributed by atoms with van der Waals surface area (Å²) in [5.74, 6) is -0.742. The second-order valence-electron chi connectivity index (χ2n) is 3.06. The molecule has 0 radical (unpaired) electrons. The van der Waals surface area contributed by atoms with Crippen LogP contribution in [0, 0.1) is 18.6 Å². The van der Waals surface area contributed by atoms with E-state index < -0.39 is 5.82 Å². The normalized spacial score (nSPS) is 10.7. The van der Waals surface area contributed by atoms with Crippen LogP contribution in [0.5, 0.6) is 0 Å². The van der Waals surface area contributed by atoms with Crippen molar-refractivity contribution in [2.75, 3.05) is 0 Å². The van der Waals surface area contributed by atoms with Crippen molar-refractivity contribution in [3.05, 3.63) is 47.5 Å². The predicted octanol–water partition coefficient (Wildman–Crippen LogP) is 3.43. The summed E-state index contributed by atoms with van der Waals surface area (Å²) in [5, 5.41) is 1.07. The molecule has 2 heteroatoms. The number of halogens is 2. The number of fused-ring (bicyclic) bond motifs is 1. The summed E-state index contributed by atoms with van der Waals surface area (Å²) in [6.45, 7) is 1.67. The summed E-state index contributed by atoms with van der Waals surface area (Å²) in [4.78, 5) is 0.